The van der Waals surface area contributed by atoms with Crippen molar-refractivity contribution in [2.75, 3.05) is 0 Å². The fraction of sp³-hybridized carbons (Fsp3) is 0.143. The van der Waals surface area contributed by atoms with Crippen molar-refractivity contribution >= 4 is 32.9 Å². The van der Waals surface area contributed by atoms with Crippen LogP contribution in [0.3, 0.4) is 0 Å². The lowest BCUT2D eigenvalue weighted by Crippen LogP contribution is -2.10. The molecule has 14 heavy (non-hydrogen) atoms. The summed E-state index contributed by atoms with van der Waals surface area (Å²) in [6.07, 6.45) is 3.11. The number of carbonyl (C=O) groups is 1. The van der Waals surface area contributed by atoms with Gasteiger partial charge in [0.25, 0.3) is 0 Å². The van der Waals surface area contributed by atoms with Gasteiger partial charge >= 0.3 is 5.97 Å². The summed E-state index contributed by atoms with van der Waals surface area (Å²) in [5, 5.41) is 16.1. The van der Waals surface area contributed by atoms with Gasteiger partial charge in [-0.25, -0.2) is 4.68 Å². The van der Waals surface area contributed by atoms with Crippen LogP contribution >= 0.6 is 15.9 Å². The molecule has 0 aliphatic rings. The molecule has 72 valence electrons. The normalized spacial score (nSPS) is 10.6. The highest BCUT2D eigenvalue weighted by Gasteiger charge is 2.10. The van der Waals surface area contributed by atoms with Gasteiger partial charge in [-0.3, -0.25) is 9.78 Å². The van der Waals surface area contributed by atoms with Crippen LogP contribution in [0.25, 0.3) is 11.0 Å². The third-order valence-corrected chi connectivity index (χ3v) is 2.24. The van der Waals surface area contributed by atoms with Gasteiger partial charge in [0.2, 0.25) is 0 Å². The van der Waals surface area contributed by atoms with Gasteiger partial charge in [-0.2, -0.15) is 0 Å². The molecule has 2 aromatic rings. The number of fused-ring (bicyclic) bond motifs is 1. The quantitative estimate of drug-likeness (QED) is 0.855. The van der Waals surface area contributed by atoms with Crippen LogP contribution in [0.1, 0.15) is 0 Å². The van der Waals surface area contributed by atoms with Crippen molar-refractivity contribution in [1.29, 1.82) is 0 Å². The summed E-state index contributed by atoms with van der Waals surface area (Å²) < 4.78 is 1.99. The third kappa shape index (κ3) is 1.46. The molecular weight excluding hydrogens is 252 g/mol. The van der Waals surface area contributed by atoms with Crippen molar-refractivity contribution in [3.05, 3.63) is 16.9 Å². The Labute approximate surface area is 86.7 Å². The maximum Gasteiger partial charge on any atom is 0.325 e. The van der Waals surface area contributed by atoms with Crippen molar-refractivity contribution in [3.63, 3.8) is 0 Å². The van der Waals surface area contributed by atoms with Crippen LogP contribution < -0.4 is 0 Å². The summed E-state index contributed by atoms with van der Waals surface area (Å²) >= 11 is 3.26. The second-order valence-electron chi connectivity index (χ2n) is 2.63. The Morgan fingerprint density at radius 1 is 1.57 bits per heavy atom. The SMILES string of the molecule is O=C(O)Cn1nnc2cncc(Br)c21. The minimum atomic E-state index is -0.958. The molecule has 1 N–H and O–H groups in total. The molecule has 7 heteroatoms. The predicted molar refractivity (Wildman–Crippen MR) is 50.7 cm³/mol. The van der Waals surface area contributed by atoms with E-state index < -0.39 is 5.97 Å². The molecule has 0 bridgehead atoms. The molecule has 0 spiro atoms. The number of nitrogens with zero attached hydrogens (tertiary/aromatic N) is 4. The number of halogens is 1. The molecule has 6 nitrogen and oxygen atoms in total. The lowest BCUT2D eigenvalue weighted by molar-refractivity contribution is -0.137. The van der Waals surface area contributed by atoms with E-state index in [9.17, 15) is 4.79 Å². The highest BCUT2D eigenvalue weighted by Crippen LogP contribution is 2.19. The number of hydrogen-bond donors (Lipinski definition) is 1. The second kappa shape index (κ2) is 3.33. The Morgan fingerprint density at radius 2 is 2.36 bits per heavy atom. The number of carboxylic acid groups (broad SMARTS) is 1. The van der Waals surface area contributed by atoms with E-state index in [0.717, 1.165) is 0 Å². The summed E-state index contributed by atoms with van der Waals surface area (Å²) in [6.45, 7) is -0.209. The van der Waals surface area contributed by atoms with Crippen molar-refractivity contribution in [3.8, 4) is 0 Å². The fourth-order valence-corrected chi connectivity index (χ4v) is 1.66. The van der Waals surface area contributed by atoms with Crippen LogP contribution in [-0.2, 0) is 11.3 Å². The number of aromatic nitrogens is 4. The highest BCUT2D eigenvalue weighted by molar-refractivity contribution is 9.10. The summed E-state index contributed by atoms with van der Waals surface area (Å²) in [6, 6.07) is 0. The Kier molecular flexibility index (Phi) is 2.16. The van der Waals surface area contributed by atoms with Crippen molar-refractivity contribution < 1.29 is 9.90 Å². The van der Waals surface area contributed by atoms with Gasteiger partial charge in [0.1, 0.15) is 17.6 Å². The van der Waals surface area contributed by atoms with E-state index in [2.05, 4.69) is 31.2 Å². The molecule has 2 aromatic heterocycles. The van der Waals surface area contributed by atoms with E-state index in [1.165, 1.54) is 10.9 Å². The van der Waals surface area contributed by atoms with Gasteiger partial charge in [-0.05, 0) is 15.9 Å². The maximum atomic E-state index is 10.5. The Hall–Kier alpha value is -1.50. The van der Waals surface area contributed by atoms with E-state index in [-0.39, 0.29) is 6.54 Å². The molecule has 0 aromatic carbocycles. The number of rotatable bonds is 2. The topological polar surface area (TPSA) is 80.9 Å². The fourth-order valence-electron chi connectivity index (χ4n) is 1.13. The van der Waals surface area contributed by atoms with Gasteiger partial charge in [-0.1, -0.05) is 5.21 Å². The first kappa shape index (κ1) is 9.07. The summed E-state index contributed by atoms with van der Waals surface area (Å²) in [4.78, 5) is 14.4. The average Bonchev–Trinajstić information content (AvgIpc) is 2.49. The maximum absolute atomic E-state index is 10.5. The molecule has 0 saturated heterocycles. The van der Waals surface area contributed by atoms with Crippen molar-refractivity contribution in [2.24, 2.45) is 0 Å². The van der Waals surface area contributed by atoms with Gasteiger partial charge in [0, 0.05) is 6.20 Å². The van der Waals surface area contributed by atoms with Crippen molar-refractivity contribution in [2.45, 2.75) is 6.54 Å². The Morgan fingerprint density at radius 3 is 3.07 bits per heavy atom. The second-order valence-corrected chi connectivity index (χ2v) is 3.48. The van der Waals surface area contributed by atoms with Gasteiger partial charge < -0.3 is 5.11 Å². The van der Waals surface area contributed by atoms with Gasteiger partial charge in [-0.15, -0.1) is 5.10 Å². The van der Waals surface area contributed by atoms with Crippen LogP contribution in [0.15, 0.2) is 16.9 Å². The smallest absolute Gasteiger partial charge is 0.325 e. The minimum absolute atomic E-state index is 0.209. The monoisotopic (exact) mass is 256 g/mol. The lowest BCUT2D eigenvalue weighted by atomic mass is 10.4. The predicted octanol–water partition coefficient (Wildman–Crippen LogP) is 0.673. The van der Waals surface area contributed by atoms with Crippen LogP contribution in [0.2, 0.25) is 0 Å². The van der Waals surface area contributed by atoms with Gasteiger partial charge in [0.05, 0.1) is 10.7 Å². The van der Waals surface area contributed by atoms with E-state index in [4.69, 9.17) is 5.11 Å². The van der Waals surface area contributed by atoms with Gasteiger partial charge in [0.15, 0.2) is 0 Å². The molecule has 2 heterocycles. The Balaban J connectivity index is 2.61. The van der Waals surface area contributed by atoms with Crippen LogP contribution in [0.5, 0.6) is 0 Å². The number of aliphatic carboxylic acids is 1. The molecule has 0 aliphatic heterocycles. The largest absolute Gasteiger partial charge is 0.480 e. The van der Waals surface area contributed by atoms with E-state index in [0.29, 0.717) is 15.5 Å². The lowest BCUT2D eigenvalue weighted by Gasteiger charge is -1.98. The molecule has 0 saturated carbocycles. The number of carboxylic acids is 1. The first-order chi connectivity index (χ1) is 6.68. The van der Waals surface area contributed by atoms with Crippen LogP contribution in [-0.4, -0.2) is 31.1 Å². The highest BCUT2D eigenvalue weighted by atomic mass is 79.9. The molecule has 0 radical (unpaired) electrons. The van der Waals surface area contributed by atoms with E-state index in [1.807, 2.05) is 0 Å². The summed E-state index contributed by atoms with van der Waals surface area (Å²) in [5.74, 6) is -0.958. The third-order valence-electron chi connectivity index (χ3n) is 1.66. The zero-order chi connectivity index (χ0) is 10.1. The molecule has 0 aliphatic carbocycles. The van der Waals surface area contributed by atoms with Crippen LogP contribution in [0.4, 0.5) is 0 Å². The summed E-state index contributed by atoms with van der Waals surface area (Å²) in [7, 11) is 0. The zero-order valence-electron chi connectivity index (χ0n) is 6.88. The number of hydrogen-bond acceptors (Lipinski definition) is 4. The van der Waals surface area contributed by atoms with Crippen LogP contribution in [0, 0.1) is 0 Å². The zero-order valence-corrected chi connectivity index (χ0v) is 8.47. The number of pyridine rings is 1. The average molecular weight is 257 g/mol. The molecule has 0 amide bonds. The molecule has 0 fully saturated rings. The van der Waals surface area contributed by atoms with Crippen molar-refractivity contribution in [1.82, 2.24) is 20.0 Å². The first-order valence-electron chi connectivity index (χ1n) is 3.73. The standard InChI is InChI=1S/C7H5BrN4O2/c8-4-1-9-2-5-7(4)12(11-10-5)3-6(13)14/h1-2H,3H2,(H,13,14). The first-order valence-corrected chi connectivity index (χ1v) is 4.52. The molecule has 0 unspecified atom stereocenters. The minimum Gasteiger partial charge on any atom is -0.480 e. The molecule has 0 atom stereocenters. The molecule has 2 rings (SSSR count). The van der Waals surface area contributed by atoms with E-state index >= 15 is 0 Å². The summed E-state index contributed by atoms with van der Waals surface area (Å²) in [5.41, 5.74) is 1.21. The van der Waals surface area contributed by atoms with E-state index in [1.54, 1.807) is 6.20 Å². The Bertz CT molecular complexity index is 495. The molecular formula is C7H5BrN4O2.